The third kappa shape index (κ3) is 3.84. The number of halogens is 4. The van der Waals surface area contributed by atoms with Crippen molar-refractivity contribution in [2.45, 2.75) is 30.1 Å². The van der Waals surface area contributed by atoms with Crippen LogP contribution in [-0.4, -0.2) is 22.3 Å². The number of alkyl halides is 3. The summed E-state index contributed by atoms with van der Waals surface area (Å²) in [6.45, 7) is 5.20. The van der Waals surface area contributed by atoms with Gasteiger partial charge in [0.05, 0.1) is 0 Å². The van der Waals surface area contributed by atoms with Crippen LogP contribution in [0.3, 0.4) is 0 Å². The van der Waals surface area contributed by atoms with Crippen molar-refractivity contribution >= 4 is 10.1 Å². The Morgan fingerprint density at radius 3 is 1.81 bits per heavy atom. The third-order valence-corrected chi connectivity index (χ3v) is 13.6. The van der Waals surface area contributed by atoms with Crippen molar-refractivity contribution in [1.82, 2.24) is 0 Å². The zero-order chi connectivity index (χ0) is 19.8. The summed E-state index contributed by atoms with van der Waals surface area (Å²) >= 11 is -6.30. The summed E-state index contributed by atoms with van der Waals surface area (Å²) in [5, 5.41) is 0. The van der Waals surface area contributed by atoms with Gasteiger partial charge in [0.25, 0.3) is 0 Å². The number of aryl methyl sites for hydroxylation is 1. The van der Waals surface area contributed by atoms with E-state index in [1.807, 2.05) is 0 Å². The minimum absolute atomic E-state index is 0.183. The third-order valence-electron chi connectivity index (χ3n) is 3.38. The Morgan fingerprint density at radius 1 is 1.00 bits per heavy atom. The molecule has 0 spiro atoms. The average Bonchev–Trinajstić information content (AvgIpc) is 2.53. The maximum atomic E-state index is 15.9. The van der Waals surface area contributed by atoms with Crippen LogP contribution in [0.5, 0.6) is 5.75 Å². The van der Waals surface area contributed by atoms with E-state index in [0.29, 0.717) is 11.3 Å². The molecule has 2 rings (SSSR count). The fraction of sp³-hybridized carbons (Fsp3) is 0.294. The SMILES string of the molecule is Cc1ccc([I-](F)(c2ccc(OC(C)C)cc2)C(F)(F)S(=O)(=O)[O-])cc1. The summed E-state index contributed by atoms with van der Waals surface area (Å²) in [6, 6.07) is 9.73. The van der Waals surface area contributed by atoms with Crippen molar-refractivity contribution in [1.29, 1.82) is 0 Å². The summed E-state index contributed by atoms with van der Waals surface area (Å²) in [6.07, 6.45) is -0.183. The zero-order valence-corrected chi connectivity index (χ0v) is 17.2. The van der Waals surface area contributed by atoms with Gasteiger partial charge in [-0.2, -0.15) is 0 Å². The Bertz CT molecular complexity index is 868. The molecule has 2 aromatic rings. The second kappa shape index (κ2) is 7.35. The van der Waals surface area contributed by atoms with Crippen molar-refractivity contribution in [3.8, 4) is 5.75 Å². The van der Waals surface area contributed by atoms with Crippen LogP contribution in [0.1, 0.15) is 19.4 Å². The number of hydrogen-bond donors (Lipinski definition) is 0. The van der Waals surface area contributed by atoms with E-state index >= 15 is 2.86 Å². The van der Waals surface area contributed by atoms with Crippen LogP contribution in [0, 0.1) is 14.1 Å². The van der Waals surface area contributed by atoms with Gasteiger partial charge in [-0.05, 0) is 0 Å². The van der Waals surface area contributed by atoms with E-state index in [2.05, 4.69) is 0 Å². The summed E-state index contributed by atoms with van der Waals surface area (Å²) < 4.78 is 78.0. The van der Waals surface area contributed by atoms with Gasteiger partial charge in [-0.15, -0.1) is 0 Å². The van der Waals surface area contributed by atoms with Crippen molar-refractivity contribution in [2.75, 3.05) is 0 Å². The standard InChI is InChI=1S/C17H19F3IO4S/c1-12(2)25-16-10-8-15(9-11-16)21(20,17(18,19)26(22,23)24)14-6-4-13(3)5-7-14/h4-12H,1-3H3,(H,22,23,24)/q-1/p-1. The maximum absolute atomic E-state index is 15.9. The molecule has 0 aliphatic heterocycles. The molecular weight excluding hydrogens is 484 g/mol. The molecule has 0 saturated heterocycles. The van der Waals surface area contributed by atoms with Gasteiger partial charge in [0, 0.05) is 0 Å². The van der Waals surface area contributed by atoms with Gasteiger partial charge in [-0.1, -0.05) is 0 Å². The van der Waals surface area contributed by atoms with Gasteiger partial charge in [0.15, 0.2) is 0 Å². The molecule has 146 valence electrons. The molecule has 9 heteroatoms. The Balaban J connectivity index is 2.67. The monoisotopic (exact) mass is 502 g/mol. The first-order valence-corrected chi connectivity index (χ1v) is 13.0. The van der Waals surface area contributed by atoms with Crippen LogP contribution >= 0.6 is 0 Å². The predicted octanol–water partition coefficient (Wildman–Crippen LogP) is 0.962. The number of ether oxygens (including phenoxy) is 1. The Kier molecular flexibility index (Phi) is 5.93. The van der Waals surface area contributed by atoms with Crippen molar-refractivity contribution in [2.24, 2.45) is 0 Å². The molecule has 0 fully saturated rings. The molecule has 0 radical (unpaired) electrons. The van der Waals surface area contributed by atoms with E-state index in [1.165, 1.54) is 24.3 Å². The Hall–Kier alpha value is -1.33. The Labute approximate surface area is 155 Å². The molecule has 26 heavy (non-hydrogen) atoms. The van der Waals surface area contributed by atoms with Gasteiger partial charge in [0.1, 0.15) is 0 Å². The van der Waals surface area contributed by atoms with Gasteiger partial charge in [0.2, 0.25) is 0 Å². The van der Waals surface area contributed by atoms with Gasteiger partial charge in [-0.3, -0.25) is 0 Å². The number of hydrogen-bond acceptors (Lipinski definition) is 4. The van der Waals surface area contributed by atoms with Gasteiger partial charge < -0.3 is 0 Å². The molecular formula is C17H18F3IO4S-2. The van der Waals surface area contributed by atoms with Crippen LogP contribution < -0.4 is 23.7 Å². The molecule has 1 atom stereocenters. The molecule has 0 aliphatic carbocycles. The fourth-order valence-corrected chi connectivity index (χ4v) is 10.7. The van der Waals surface area contributed by atoms with Crippen LogP contribution in [0.25, 0.3) is 0 Å². The average molecular weight is 502 g/mol. The van der Waals surface area contributed by atoms with E-state index in [0.717, 1.165) is 24.3 Å². The molecule has 0 aromatic heterocycles. The zero-order valence-electron chi connectivity index (χ0n) is 14.2. The molecule has 4 nitrogen and oxygen atoms in total. The van der Waals surface area contributed by atoms with Crippen LogP contribution in [-0.2, 0) is 10.1 Å². The molecule has 2 aromatic carbocycles. The quantitative estimate of drug-likeness (QED) is 0.336. The summed E-state index contributed by atoms with van der Waals surface area (Å²) in [4.78, 5) is 0. The van der Waals surface area contributed by atoms with Crippen LogP contribution in [0.2, 0.25) is 0 Å². The van der Waals surface area contributed by atoms with E-state index in [1.54, 1.807) is 20.8 Å². The molecule has 0 N–H and O–H groups in total. The van der Waals surface area contributed by atoms with Crippen molar-refractivity contribution in [3.05, 3.63) is 61.2 Å². The first-order chi connectivity index (χ1) is 11.9. The number of benzene rings is 2. The second-order valence-corrected chi connectivity index (χ2v) is 14.7. The van der Waals surface area contributed by atoms with Crippen LogP contribution in [0.15, 0.2) is 48.5 Å². The van der Waals surface area contributed by atoms with Crippen LogP contribution in [0.4, 0.5) is 11.6 Å². The first-order valence-electron chi connectivity index (χ1n) is 7.53. The molecule has 1 unspecified atom stereocenters. The fourth-order valence-electron chi connectivity index (χ4n) is 2.18. The Morgan fingerprint density at radius 2 is 1.42 bits per heavy atom. The van der Waals surface area contributed by atoms with E-state index < -0.39 is 39.5 Å². The number of rotatable bonds is 6. The predicted molar refractivity (Wildman–Crippen MR) is 86.5 cm³/mol. The van der Waals surface area contributed by atoms with Gasteiger partial charge in [-0.25, -0.2) is 0 Å². The molecule has 0 saturated carbocycles. The van der Waals surface area contributed by atoms with Gasteiger partial charge >= 0.3 is 156 Å². The van der Waals surface area contributed by atoms with E-state index in [-0.39, 0.29) is 6.10 Å². The normalized spacial score (nSPS) is 16.2. The summed E-state index contributed by atoms with van der Waals surface area (Å²) in [5.74, 6) is 0.324. The molecule has 0 heterocycles. The second-order valence-electron chi connectivity index (χ2n) is 5.81. The van der Waals surface area contributed by atoms with E-state index in [9.17, 15) is 21.8 Å². The summed E-state index contributed by atoms with van der Waals surface area (Å²) in [7, 11) is -6.21. The summed E-state index contributed by atoms with van der Waals surface area (Å²) in [5.41, 5.74) is 0.686. The molecule has 0 amide bonds. The minimum atomic E-state index is -6.30. The first kappa shape index (κ1) is 21.0. The molecule has 0 bridgehead atoms. The van der Waals surface area contributed by atoms with Crippen molar-refractivity contribution in [3.63, 3.8) is 0 Å². The topological polar surface area (TPSA) is 66.4 Å². The molecule has 0 aliphatic rings. The van der Waals surface area contributed by atoms with E-state index in [4.69, 9.17) is 4.74 Å². The van der Waals surface area contributed by atoms with Crippen molar-refractivity contribution < 1.29 is 48.4 Å².